The van der Waals surface area contributed by atoms with Crippen molar-refractivity contribution in [1.29, 1.82) is 0 Å². The number of amides is 1. The van der Waals surface area contributed by atoms with Gasteiger partial charge in [0.05, 0.1) is 17.4 Å². The molecule has 1 aromatic carbocycles. The van der Waals surface area contributed by atoms with E-state index in [1.807, 2.05) is 0 Å². The van der Waals surface area contributed by atoms with Gasteiger partial charge < -0.3 is 10.2 Å². The first-order valence-corrected chi connectivity index (χ1v) is 8.96. The fourth-order valence-corrected chi connectivity index (χ4v) is 3.88. The molecule has 2 saturated heterocycles. The zero-order valence-corrected chi connectivity index (χ0v) is 15.9. The molecule has 0 saturated carbocycles. The Balaban J connectivity index is 0.00000225. The molecule has 1 N–H and O–H groups in total. The summed E-state index contributed by atoms with van der Waals surface area (Å²) in [6.45, 7) is 3.36. The van der Waals surface area contributed by atoms with Gasteiger partial charge in [-0.05, 0) is 49.4 Å². The molecule has 28 heavy (non-hydrogen) atoms. The topological polar surface area (TPSA) is 63.1 Å². The minimum absolute atomic E-state index is 0. The Hall–Kier alpha value is -2.13. The van der Waals surface area contributed by atoms with Crippen molar-refractivity contribution in [3.8, 4) is 5.69 Å². The number of piperidine rings is 1. The van der Waals surface area contributed by atoms with Crippen molar-refractivity contribution >= 4 is 18.3 Å². The lowest BCUT2D eigenvalue weighted by Crippen LogP contribution is -2.44. The van der Waals surface area contributed by atoms with Gasteiger partial charge in [-0.25, -0.2) is 4.68 Å². The maximum absolute atomic E-state index is 12.9. The van der Waals surface area contributed by atoms with Crippen LogP contribution in [0.3, 0.4) is 0 Å². The van der Waals surface area contributed by atoms with Crippen LogP contribution in [0, 0.1) is 5.41 Å². The van der Waals surface area contributed by atoms with Gasteiger partial charge in [0, 0.05) is 19.6 Å². The van der Waals surface area contributed by atoms with Gasteiger partial charge in [-0.3, -0.25) is 4.79 Å². The van der Waals surface area contributed by atoms with E-state index in [1.54, 1.807) is 4.90 Å². The Morgan fingerprint density at radius 2 is 1.93 bits per heavy atom. The summed E-state index contributed by atoms with van der Waals surface area (Å²) in [7, 11) is 0. The van der Waals surface area contributed by atoms with Gasteiger partial charge in [0.2, 0.25) is 0 Å². The first kappa shape index (κ1) is 20.6. The monoisotopic (exact) mass is 415 g/mol. The number of nitrogens with zero attached hydrogens (tertiary/aromatic N) is 4. The normalized spacial score (nSPS) is 18.9. The lowest BCUT2D eigenvalue weighted by molar-refractivity contribution is -0.137. The number of hydrogen-bond acceptors (Lipinski definition) is 4. The van der Waals surface area contributed by atoms with Crippen LogP contribution < -0.4 is 5.32 Å². The third-order valence-corrected chi connectivity index (χ3v) is 5.59. The number of carbonyl (C=O) groups excluding carboxylic acids is 1. The molecule has 0 bridgehead atoms. The Morgan fingerprint density at radius 1 is 1.18 bits per heavy atom. The predicted molar refractivity (Wildman–Crippen MR) is 98.7 cm³/mol. The molecular formula is C18H21ClF3N5O. The highest BCUT2D eigenvalue weighted by atomic mass is 35.5. The molecule has 0 radical (unpaired) electrons. The second kappa shape index (κ2) is 7.71. The molecule has 6 nitrogen and oxygen atoms in total. The maximum atomic E-state index is 12.9. The summed E-state index contributed by atoms with van der Waals surface area (Å²) < 4.78 is 39.8. The summed E-state index contributed by atoms with van der Waals surface area (Å²) >= 11 is 0. The molecule has 1 amide bonds. The molecule has 10 heteroatoms. The van der Waals surface area contributed by atoms with Crippen LogP contribution in [0.15, 0.2) is 30.5 Å². The lowest BCUT2D eigenvalue weighted by atomic mass is 9.78. The van der Waals surface area contributed by atoms with Crippen LogP contribution in [0.25, 0.3) is 5.69 Å². The van der Waals surface area contributed by atoms with Gasteiger partial charge in [-0.1, -0.05) is 11.3 Å². The standard InChI is InChI=1S/C18H20F3N5O.ClH/c19-18(20,21)13-2-1-3-14(10-13)26-11-15(23-24-26)16(27)25-8-5-17(6-9-25)4-7-22-12-17;/h1-3,10-11,22H,4-9,12H2;1H. The van der Waals surface area contributed by atoms with E-state index >= 15 is 0 Å². The minimum Gasteiger partial charge on any atom is -0.337 e. The van der Waals surface area contributed by atoms with Crippen molar-refractivity contribution in [2.45, 2.75) is 25.4 Å². The summed E-state index contributed by atoms with van der Waals surface area (Å²) in [4.78, 5) is 14.4. The average molecular weight is 416 g/mol. The van der Waals surface area contributed by atoms with Crippen LogP contribution in [-0.2, 0) is 6.18 Å². The quantitative estimate of drug-likeness (QED) is 0.819. The third kappa shape index (κ3) is 4.00. The number of nitrogens with one attached hydrogen (secondary N) is 1. The maximum Gasteiger partial charge on any atom is 0.416 e. The second-order valence-corrected chi connectivity index (χ2v) is 7.32. The van der Waals surface area contributed by atoms with Crippen molar-refractivity contribution in [2.24, 2.45) is 5.41 Å². The summed E-state index contributed by atoms with van der Waals surface area (Å²) in [6.07, 6.45) is -0.00478. The fraction of sp³-hybridized carbons (Fsp3) is 0.500. The summed E-state index contributed by atoms with van der Waals surface area (Å²) in [6, 6.07) is 4.78. The van der Waals surface area contributed by atoms with Crippen LogP contribution in [0.1, 0.15) is 35.3 Å². The van der Waals surface area contributed by atoms with Crippen molar-refractivity contribution in [3.63, 3.8) is 0 Å². The van der Waals surface area contributed by atoms with Crippen LogP contribution in [0.2, 0.25) is 0 Å². The summed E-state index contributed by atoms with van der Waals surface area (Å²) in [5, 5.41) is 11.1. The van der Waals surface area contributed by atoms with E-state index in [-0.39, 0.29) is 29.7 Å². The Kier molecular flexibility index (Phi) is 5.67. The Bertz CT molecular complexity index is 838. The molecule has 0 unspecified atom stereocenters. The number of hydrogen-bond donors (Lipinski definition) is 1. The average Bonchev–Trinajstić information content (AvgIpc) is 3.31. The fourth-order valence-electron chi connectivity index (χ4n) is 3.88. The van der Waals surface area contributed by atoms with Gasteiger partial charge in [0.25, 0.3) is 5.91 Å². The molecule has 2 aromatic rings. The van der Waals surface area contributed by atoms with Crippen molar-refractivity contribution < 1.29 is 18.0 Å². The molecular weight excluding hydrogens is 395 g/mol. The highest BCUT2D eigenvalue weighted by Crippen LogP contribution is 2.37. The molecule has 3 heterocycles. The van der Waals surface area contributed by atoms with Crippen molar-refractivity contribution in [1.82, 2.24) is 25.2 Å². The van der Waals surface area contributed by atoms with E-state index in [1.165, 1.54) is 23.0 Å². The van der Waals surface area contributed by atoms with Crippen LogP contribution in [0.4, 0.5) is 13.2 Å². The summed E-state index contributed by atoms with van der Waals surface area (Å²) in [5.41, 5.74) is -0.110. The van der Waals surface area contributed by atoms with Gasteiger partial charge >= 0.3 is 6.18 Å². The van der Waals surface area contributed by atoms with E-state index in [9.17, 15) is 18.0 Å². The van der Waals surface area contributed by atoms with E-state index in [0.29, 0.717) is 18.5 Å². The Labute approximate surface area is 166 Å². The number of carbonyl (C=O) groups is 1. The minimum atomic E-state index is -4.44. The largest absolute Gasteiger partial charge is 0.416 e. The van der Waals surface area contributed by atoms with Gasteiger partial charge in [-0.15, -0.1) is 17.5 Å². The second-order valence-electron chi connectivity index (χ2n) is 7.32. The molecule has 2 fully saturated rings. The number of aromatic nitrogens is 3. The van der Waals surface area contributed by atoms with Crippen LogP contribution in [-0.4, -0.2) is 52.0 Å². The smallest absolute Gasteiger partial charge is 0.337 e. The molecule has 1 aromatic heterocycles. The number of alkyl halides is 3. The molecule has 2 aliphatic heterocycles. The molecule has 152 valence electrons. The third-order valence-electron chi connectivity index (χ3n) is 5.59. The van der Waals surface area contributed by atoms with Gasteiger partial charge in [-0.2, -0.15) is 13.2 Å². The zero-order chi connectivity index (χ0) is 19.1. The van der Waals surface area contributed by atoms with Crippen molar-refractivity contribution in [2.75, 3.05) is 26.2 Å². The molecule has 0 atom stereocenters. The van der Waals surface area contributed by atoms with E-state index in [0.717, 1.165) is 44.5 Å². The molecule has 1 spiro atoms. The highest BCUT2D eigenvalue weighted by molar-refractivity contribution is 5.92. The van der Waals surface area contributed by atoms with Crippen molar-refractivity contribution in [3.05, 3.63) is 41.7 Å². The van der Waals surface area contributed by atoms with Gasteiger partial charge in [0.15, 0.2) is 5.69 Å². The predicted octanol–water partition coefficient (Wildman–Crippen LogP) is 2.92. The van der Waals surface area contributed by atoms with Crippen LogP contribution >= 0.6 is 12.4 Å². The number of likely N-dealkylation sites (tertiary alicyclic amines) is 1. The number of benzene rings is 1. The molecule has 0 aliphatic carbocycles. The zero-order valence-electron chi connectivity index (χ0n) is 15.1. The Morgan fingerprint density at radius 3 is 2.57 bits per heavy atom. The molecule has 2 aliphatic rings. The summed E-state index contributed by atoms with van der Waals surface area (Å²) in [5.74, 6) is -0.228. The highest BCUT2D eigenvalue weighted by Gasteiger charge is 2.38. The molecule has 4 rings (SSSR count). The number of halogens is 4. The van der Waals surface area contributed by atoms with E-state index < -0.39 is 11.7 Å². The first-order chi connectivity index (χ1) is 12.9. The van der Waals surface area contributed by atoms with Crippen LogP contribution in [0.5, 0.6) is 0 Å². The number of rotatable bonds is 2. The van der Waals surface area contributed by atoms with Gasteiger partial charge in [0.1, 0.15) is 0 Å². The SMILES string of the molecule is Cl.O=C(c1cn(-c2cccc(C(F)(F)F)c2)nn1)N1CCC2(CCNC2)CC1. The van der Waals surface area contributed by atoms with E-state index in [4.69, 9.17) is 0 Å². The van der Waals surface area contributed by atoms with E-state index in [2.05, 4.69) is 15.6 Å². The first-order valence-electron chi connectivity index (χ1n) is 8.96. The lowest BCUT2D eigenvalue weighted by Gasteiger charge is -2.38.